The van der Waals surface area contributed by atoms with E-state index in [2.05, 4.69) is 17.8 Å². The van der Waals surface area contributed by atoms with Crippen LogP contribution in [0.2, 0.25) is 0 Å². The zero-order chi connectivity index (χ0) is 8.60. The Kier molecular flexibility index (Phi) is 2.27. The summed E-state index contributed by atoms with van der Waals surface area (Å²) < 4.78 is 5.87. The van der Waals surface area contributed by atoms with Crippen LogP contribution in [0.4, 0.5) is 0 Å². The van der Waals surface area contributed by atoms with Crippen LogP contribution >= 0.6 is 10.5 Å². The van der Waals surface area contributed by atoms with Gasteiger partial charge in [-0.15, -0.1) is 0 Å². The number of likely N-dealkylation sites (tertiary alicyclic amines) is 1. The summed E-state index contributed by atoms with van der Waals surface area (Å²) in [5.74, 6) is 5.41. The highest BCUT2D eigenvalue weighted by Gasteiger charge is 2.39. The van der Waals surface area contributed by atoms with Crippen LogP contribution < -0.4 is 0 Å². The van der Waals surface area contributed by atoms with Crippen molar-refractivity contribution < 1.29 is 4.74 Å². The first-order valence-electron chi connectivity index (χ1n) is 4.56. The Morgan fingerprint density at radius 3 is 2.58 bits per heavy atom. The smallest absolute Gasteiger partial charge is 0.111 e. The highest BCUT2D eigenvalue weighted by atomic mass is 32.2. The number of hydrogen-bond donors (Lipinski definition) is 0. The molecule has 3 heteroatoms. The molecule has 0 radical (unpaired) electrons. The highest BCUT2D eigenvalue weighted by molar-refractivity contribution is 8.15. The third-order valence-electron chi connectivity index (χ3n) is 2.97. The minimum atomic E-state index is 0.187. The maximum Gasteiger partial charge on any atom is 0.111 e. The fraction of sp³-hybridized carbons (Fsp3) is 0.889. The van der Waals surface area contributed by atoms with E-state index in [0.717, 1.165) is 6.61 Å². The average molecular weight is 187 g/mol. The highest BCUT2D eigenvalue weighted by Crippen LogP contribution is 2.45. The maximum absolute atomic E-state index is 5.87. The van der Waals surface area contributed by atoms with Gasteiger partial charge in [0, 0.05) is 18.8 Å². The van der Waals surface area contributed by atoms with E-state index in [1.807, 2.05) is 0 Å². The summed E-state index contributed by atoms with van der Waals surface area (Å²) in [6.07, 6.45) is 2.38. The Balaban J connectivity index is 2.07. The molecule has 2 heterocycles. The molecule has 2 rings (SSSR count). The summed E-state index contributed by atoms with van der Waals surface area (Å²) in [6, 6.07) is 0. The monoisotopic (exact) mass is 187 g/mol. The molecule has 0 bridgehead atoms. The molecule has 1 spiro atoms. The standard InChI is InChI=1S/C9H17NOS/c1-10-5-3-9(4-6-10)11-7-8-12(9)2/h2-8H2,1H3. The summed E-state index contributed by atoms with van der Waals surface area (Å²) in [5, 5.41) is 0. The fourth-order valence-electron chi connectivity index (χ4n) is 1.99. The van der Waals surface area contributed by atoms with E-state index in [1.165, 1.54) is 31.7 Å². The molecule has 1 atom stereocenters. The molecule has 0 aromatic carbocycles. The van der Waals surface area contributed by atoms with Gasteiger partial charge >= 0.3 is 0 Å². The van der Waals surface area contributed by atoms with Gasteiger partial charge < -0.3 is 9.64 Å². The first kappa shape index (κ1) is 8.73. The van der Waals surface area contributed by atoms with Gasteiger partial charge in [0.15, 0.2) is 0 Å². The first-order valence-corrected chi connectivity index (χ1v) is 6.12. The lowest BCUT2D eigenvalue weighted by atomic mass is 10.1. The van der Waals surface area contributed by atoms with Crippen LogP contribution in [0.5, 0.6) is 0 Å². The van der Waals surface area contributed by atoms with Crippen LogP contribution in [0, 0.1) is 0 Å². The molecule has 2 fully saturated rings. The molecule has 0 saturated carbocycles. The lowest BCUT2D eigenvalue weighted by Crippen LogP contribution is -2.41. The second-order valence-electron chi connectivity index (χ2n) is 3.76. The number of hydrogen-bond acceptors (Lipinski definition) is 2. The lowest BCUT2D eigenvalue weighted by molar-refractivity contribution is 0.00661. The summed E-state index contributed by atoms with van der Waals surface area (Å²) >= 11 is 0. The second kappa shape index (κ2) is 3.13. The van der Waals surface area contributed by atoms with Crippen LogP contribution in [0.1, 0.15) is 12.8 Å². The zero-order valence-electron chi connectivity index (χ0n) is 7.71. The van der Waals surface area contributed by atoms with Gasteiger partial charge in [-0.2, -0.15) is 10.5 Å². The number of piperidine rings is 1. The van der Waals surface area contributed by atoms with Crippen LogP contribution in [-0.4, -0.2) is 48.2 Å². The molecule has 0 amide bonds. The Hall–Kier alpha value is 0.140. The van der Waals surface area contributed by atoms with Gasteiger partial charge in [-0.05, 0) is 19.9 Å². The summed E-state index contributed by atoms with van der Waals surface area (Å²) in [7, 11) is 2.45. The van der Waals surface area contributed by atoms with E-state index >= 15 is 0 Å². The van der Waals surface area contributed by atoms with E-state index in [-0.39, 0.29) is 15.4 Å². The van der Waals surface area contributed by atoms with Gasteiger partial charge in [0.05, 0.1) is 6.61 Å². The SMILES string of the molecule is C=S1CCOC12CCN(C)CC2. The molecule has 1 unspecified atom stereocenters. The third kappa shape index (κ3) is 1.34. The quantitative estimate of drug-likeness (QED) is 0.527. The lowest BCUT2D eigenvalue weighted by Gasteiger charge is -2.38. The maximum atomic E-state index is 5.87. The van der Waals surface area contributed by atoms with Crippen LogP contribution in [0.15, 0.2) is 0 Å². The third-order valence-corrected chi connectivity index (χ3v) is 5.21. The van der Waals surface area contributed by atoms with E-state index in [9.17, 15) is 0 Å². The van der Waals surface area contributed by atoms with Crippen molar-refractivity contribution >= 4 is 16.4 Å². The molecular formula is C9H17NOS. The molecule has 12 heavy (non-hydrogen) atoms. The number of nitrogens with zero attached hydrogens (tertiary/aromatic N) is 1. The Labute approximate surface area is 76.8 Å². The molecule has 70 valence electrons. The van der Waals surface area contributed by atoms with Crippen molar-refractivity contribution in [3.05, 3.63) is 0 Å². The Morgan fingerprint density at radius 2 is 2.08 bits per heavy atom. The molecule has 2 nitrogen and oxygen atoms in total. The minimum absolute atomic E-state index is 0.187. The van der Waals surface area contributed by atoms with Gasteiger partial charge in [0.1, 0.15) is 4.93 Å². The second-order valence-corrected chi connectivity index (χ2v) is 5.90. The normalized spacial score (nSPS) is 35.9. The molecule has 2 saturated heterocycles. The Bertz CT molecular complexity index is 197. The van der Waals surface area contributed by atoms with Crippen molar-refractivity contribution in [2.45, 2.75) is 17.8 Å². The van der Waals surface area contributed by atoms with Crippen LogP contribution in [0.3, 0.4) is 0 Å². The summed E-state index contributed by atoms with van der Waals surface area (Å²) in [5.41, 5.74) is 0. The van der Waals surface area contributed by atoms with Gasteiger partial charge in [-0.1, -0.05) is 5.87 Å². The topological polar surface area (TPSA) is 12.5 Å². The van der Waals surface area contributed by atoms with Crippen molar-refractivity contribution in [1.82, 2.24) is 4.90 Å². The molecule has 0 N–H and O–H groups in total. The predicted octanol–water partition coefficient (Wildman–Crippen LogP) is 1.14. The van der Waals surface area contributed by atoms with Crippen molar-refractivity contribution in [3.63, 3.8) is 0 Å². The van der Waals surface area contributed by atoms with Crippen molar-refractivity contribution in [3.8, 4) is 0 Å². The summed E-state index contributed by atoms with van der Waals surface area (Å²) in [6.45, 7) is 3.30. The fourth-order valence-corrected chi connectivity index (χ4v) is 3.66. The van der Waals surface area contributed by atoms with E-state index in [0.29, 0.717) is 0 Å². The van der Waals surface area contributed by atoms with Crippen molar-refractivity contribution in [2.24, 2.45) is 0 Å². The average Bonchev–Trinajstić information content (AvgIpc) is 2.41. The number of rotatable bonds is 0. The molecule has 0 aliphatic carbocycles. The summed E-state index contributed by atoms with van der Waals surface area (Å²) in [4.78, 5) is 2.57. The van der Waals surface area contributed by atoms with Gasteiger partial charge in [-0.3, -0.25) is 0 Å². The van der Waals surface area contributed by atoms with Gasteiger partial charge in [0.25, 0.3) is 0 Å². The zero-order valence-corrected chi connectivity index (χ0v) is 8.53. The molecule has 0 aromatic heterocycles. The van der Waals surface area contributed by atoms with E-state index < -0.39 is 0 Å². The Morgan fingerprint density at radius 1 is 1.42 bits per heavy atom. The molecule has 2 aliphatic rings. The van der Waals surface area contributed by atoms with Gasteiger partial charge in [0.2, 0.25) is 0 Å². The van der Waals surface area contributed by atoms with Crippen molar-refractivity contribution in [1.29, 1.82) is 0 Å². The van der Waals surface area contributed by atoms with Crippen molar-refractivity contribution in [2.75, 3.05) is 32.5 Å². The van der Waals surface area contributed by atoms with E-state index in [1.54, 1.807) is 0 Å². The molecular weight excluding hydrogens is 170 g/mol. The van der Waals surface area contributed by atoms with E-state index in [4.69, 9.17) is 4.74 Å². The molecule has 2 aliphatic heterocycles. The van der Waals surface area contributed by atoms with Gasteiger partial charge in [-0.25, -0.2) is 0 Å². The minimum Gasteiger partial charge on any atom is -0.364 e. The molecule has 0 aromatic rings. The number of ether oxygens (including phenoxy) is 1. The predicted molar refractivity (Wildman–Crippen MR) is 55.0 cm³/mol. The largest absolute Gasteiger partial charge is 0.364 e. The van der Waals surface area contributed by atoms with Crippen LogP contribution in [0.25, 0.3) is 0 Å². The first-order chi connectivity index (χ1) is 5.73. The van der Waals surface area contributed by atoms with Crippen LogP contribution in [-0.2, 0) is 4.74 Å².